The standard InChI is InChI=1S/C23H29FN4O3/c1-15-20(21(27-31-15)16-7-9-17(24)10-8-16)22(29)25-19-11-13-28(14-12-19)23(30)26-18-5-3-2-4-6-18/h7-10,18-19H,2-6,11-14H2,1H3,(H,25,29)(H,26,30). The highest BCUT2D eigenvalue weighted by Gasteiger charge is 2.28. The third-order valence-corrected chi connectivity index (χ3v) is 6.26. The van der Waals surface area contributed by atoms with Gasteiger partial charge in [-0.2, -0.15) is 0 Å². The molecule has 1 aliphatic carbocycles. The van der Waals surface area contributed by atoms with Gasteiger partial charge in [-0.3, -0.25) is 4.79 Å². The van der Waals surface area contributed by atoms with Gasteiger partial charge in [0.15, 0.2) is 0 Å². The number of aryl methyl sites for hydroxylation is 1. The second kappa shape index (κ2) is 9.49. The summed E-state index contributed by atoms with van der Waals surface area (Å²) in [7, 11) is 0. The Morgan fingerprint density at radius 2 is 1.65 bits per heavy atom. The van der Waals surface area contributed by atoms with Gasteiger partial charge >= 0.3 is 6.03 Å². The van der Waals surface area contributed by atoms with Gasteiger partial charge in [-0.05, 0) is 56.9 Å². The topological polar surface area (TPSA) is 87.5 Å². The Kier molecular flexibility index (Phi) is 6.53. The first-order valence-electron chi connectivity index (χ1n) is 11.1. The summed E-state index contributed by atoms with van der Waals surface area (Å²) in [5, 5.41) is 10.2. The molecule has 1 aliphatic heterocycles. The molecule has 31 heavy (non-hydrogen) atoms. The van der Waals surface area contributed by atoms with E-state index in [1.54, 1.807) is 19.1 Å². The number of hydrogen-bond donors (Lipinski definition) is 2. The molecular formula is C23H29FN4O3. The Morgan fingerprint density at radius 1 is 1.00 bits per heavy atom. The van der Waals surface area contributed by atoms with Crippen LogP contribution < -0.4 is 10.6 Å². The van der Waals surface area contributed by atoms with E-state index in [0.29, 0.717) is 54.6 Å². The molecule has 1 aromatic heterocycles. The molecule has 2 heterocycles. The second-order valence-corrected chi connectivity index (χ2v) is 8.49. The number of nitrogens with zero attached hydrogens (tertiary/aromatic N) is 2. The summed E-state index contributed by atoms with van der Waals surface area (Å²) in [6.45, 7) is 2.90. The molecule has 3 amide bonds. The number of nitrogens with one attached hydrogen (secondary N) is 2. The first-order chi connectivity index (χ1) is 15.0. The number of carbonyl (C=O) groups excluding carboxylic acids is 2. The fourth-order valence-electron chi connectivity index (χ4n) is 4.44. The lowest BCUT2D eigenvalue weighted by atomic mass is 9.95. The van der Waals surface area contributed by atoms with E-state index in [4.69, 9.17) is 4.52 Å². The maximum Gasteiger partial charge on any atom is 0.317 e. The van der Waals surface area contributed by atoms with Gasteiger partial charge in [0.2, 0.25) is 0 Å². The van der Waals surface area contributed by atoms with E-state index in [0.717, 1.165) is 12.8 Å². The van der Waals surface area contributed by atoms with Gasteiger partial charge in [0.1, 0.15) is 22.8 Å². The van der Waals surface area contributed by atoms with Gasteiger partial charge in [-0.15, -0.1) is 0 Å². The van der Waals surface area contributed by atoms with Gasteiger partial charge in [0.05, 0.1) is 0 Å². The summed E-state index contributed by atoms with van der Waals surface area (Å²) in [5.41, 5.74) is 1.39. The van der Waals surface area contributed by atoms with Crippen molar-refractivity contribution in [1.29, 1.82) is 0 Å². The van der Waals surface area contributed by atoms with Crippen molar-refractivity contribution in [3.8, 4) is 11.3 Å². The van der Waals surface area contributed by atoms with E-state index < -0.39 is 0 Å². The van der Waals surface area contributed by atoms with Crippen LogP contribution in [0, 0.1) is 12.7 Å². The molecule has 7 nitrogen and oxygen atoms in total. The number of rotatable bonds is 4. The molecule has 2 N–H and O–H groups in total. The molecule has 2 aromatic rings. The van der Waals surface area contributed by atoms with Crippen LogP contribution in [0.25, 0.3) is 11.3 Å². The van der Waals surface area contributed by atoms with Crippen LogP contribution in [-0.4, -0.2) is 47.2 Å². The van der Waals surface area contributed by atoms with Crippen molar-refractivity contribution in [2.45, 2.75) is 64.0 Å². The number of aromatic nitrogens is 1. The molecule has 0 unspecified atom stereocenters. The highest BCUT2D eigenvalue weighted by atomic mass is 19.1. The SMILES string of the molecule is Cc1onc(-c2ccc(F)cc2)c1C(=O)NC1CCN(C(=O)NC2CCCCC2)CC1. The fourth-order valence-corrected chi connectivity index (χ4v) is 4.44. The maximum absolute atomic E-state index is 13.2. The van der Waals surface area contributed by atoms with Gasteiger partial charge in [0.25, 0.3) is 5.91 Å². The monoisotopic (exact) mass is 428 g/mol. The molecule has 0 atom stereocenters. The highest BCUT2D eigenvalue weighted by molar-refractivity contribution is 6.00. The zero-order valence-electron chi connectivity index (χ0n) is 17.8. The normalized spacial score (nSPS) is 18.1. The number of piperidine rings is 1. The van der Waals surface area contributed by atoms with Gasteiger partial charge in [-0.1, -0.05) is 24.4 Å². The molecule has 4 rings (SSSR count). The molecule has 0 spiro atoms. The minimum atomic E-state index is -0.353. The number of likely N-dealkylation sites (tertiary alicyclic amines) is 1. The fraction of sp³-hybridized carbons (Fsp3) is 0.522. The number of carbonyl (C=O) groups is 2. The molecule has 0 radical (unpaired) electrons. The van der Waals surface area contributed by atoms with E-state index in [-0.39, 0.29) is 23.8 Å². The van der Waals surface area contributed by atoms with E-state index in [1.807, 2.05) is 4.90 Å². The molecule has 1 aromatic carbocycles. The average molecular weight is 429 g/mol. The number of urea groups is 1. The third kappa shape index (κ3) is 5.06. The van der Waals surface area contributed by atoms with E-state index in [9.17, 15) is 14.0 Å². The smallest absolute Gasteiger partial charge is 0.317 e. The Labute approximate surface area is 181 Å². The van der Waals surface area contributed by atoms with Crippen molar-refractivity contribution in [2.75, 3.05) is 13.1 Å². The second-order valence-electron chi connectivity index (χ2n) is 8.49. The lowest BCUT2D eigenvalue weighted by Crippen LogP contribution is -2.51. The summed E-state index contributed by atoms with van der Waals surface area (Å²) in [6.07, 6.45) is 7.13. The van der Waals surface area contributed by atoms with Gasteiger partial charge in [0, 0.05) is 30.7 Å². The van der Waals surface area contributed by atoms with Crippen LogP contribution in [0.4, 0.5) is 9.18 Å². The van der Waals surface area contributed by atoms with Crippen LogP contribution in [0.3, 0.4) is 0 Å². The first-order valence-corrected chi connectivity index (χ1v) is 11.1. The Bertz CT molecular complexity index is 913. The molecule has 1 saturated carbocycles. The van der Waals surface area contributed by atoms with Crippen LogP contribution in [-0.2, 0) is 0 Å². The van der Waals surface area contributed by atoms with Crippen molar-refractivity contribution >= 4 is 11.9 Å². The molecule has 2 fully saturated rings. The Morgan fingerprint density at radius 3 is 2.32 bits per heavy atom. The number of hydrogen-bond acceptors (Lipinski definition) is 4. The average Bonchev–Trinajstić information content (AvgIpc) is 3.17. The number of amides is 3. The van der Waals surface area contributed by atoms with Crippen molar-refractivity contribution in [1.82, 2.24) is 20.7 Å². The zero-order chi connectivity index (χ0) is 21.8. The predicted molar refractivity (Wildman–Crippen MR) is 114 cm³/mol. The Balaban J connectivity index is 1.33. The molecule has 0 bridgehead atoms. The third-order valence-electron chi connectivity index (χ3n) is 6.26. The summed E-state index contributed by atoms with van der Waals surface area (Å²) in [6, 6.07) is 6.08. The van der Waals surface area contributed by atoms with Crippen molar-refractivity contribution in [2.24, 2.45) is 0 Å². The highest BCUT2D eigenvalue weighted by Crippen LogP contribution is 2.26. The van der Waals surface area contributed by atoms with Crippen molar-refractivity contribution < 1.29 is 18.5 Å². The van der Waals surface area contributed by atoms with E-state index in [2.05, 4.69) is 15.8 Å². The van der Waals surface area contributed by atoms with Gasteiger partial charge in [-0.25, -0.2) is 9.18 Å². The van der Waals surface area contributed by atoms with Crippen molar-refractivity contribution in [3.63, 3.8) is 0 Å². The lowest BCUT2D eigenvalue weighted by Gasteiger charge is -2.34. The van der Waals surface area contributed by atoms with Crippen molar-refractivity contribution in [3.05, 3.63) is 41.4 Å². The minimum absolute atomic E-state index is 0.00477. The number of halogens is 1. The Hall–Kier alpha value is -2.90. The molecule has 8 heteroatoms. The van der Waals surface area contributed by atoms with Crippen LogP contribution in [0.5, 0.6) is 0 Å². The van der Waals surface area contributed by atoms with Crippen LogP contribution in [0.2, 0.25) is 0 Å². The zero-order valence-corrected chi connectivity index (χ0v) is 17.8. The summed E-state index contributed by atoms with van der Waals surface area (Å²) < 4.78 is 18.5. The predicted octanol–water partition coefficient (Wildman–Crippen LogP) is 4.03. The molecule has 1 saturated heterocycles. The van der Waals surface area contributed by atoms with Gasteiger partial charge < -0.3 is 20.1 Å². The summed E-state index contributed by atoms with van der Waals surface area (Å²) >= 11 is 0. The van der Waals surface area contributed by atoms with Crippen LogP contribution in [0.15, 0.2) is 28.8 Å². The largest absolute Gasteiger partial charge is 0.360 e. The summed E-state index contributed by atoms with van der Waals surface area (Å²) in [5.74, 6) is -0.196. The lowest BCUT2D eigenvalue weighted by molar-refractivity contribution is 0.0916. The first kappa shape index (κ1) is 21.3. The molecule has 166 valence electrons. The summed E-state index contributed by atoms with van der Waals surface area (Å²) in [4.78, 5) is 27.3. The number of benzene rings is 1. The minimum Gasteiger partial charge on any atom is -0.360 e. The molecule has 2 aliphatic rings. The van der Waals surface area contributed by atoms with Crippen LogP contribution >= 0.6 is 0 Å². The maximum atomic E-state index is 13.2. The van der Waals surface area contributed by atoms with Crippen LogP contribution in [0.1, 0.15) is 61.1 Å². The van der Waals surface area contributed by atoms with E-state index in [1.165, 1.54) is 31.4 Å². The molecular weight excluding hydrogens is 399 g/mol. The van der Waals surface area contributed by atoms with E-state index >= 15 is 0 Å². The quantitative estimate of drug-likeness (QED) is 0.770.